The summed E-state index contributed by atoms with van der Waals surface area (Å²) in [5.74, 6) is 0. The van der Waals surface area contributed by atoms with E-state index < -0.39 is 0 Å². The number of benzene rings is 13. The van der Waals surface area contributed by atoms with Gasteiger partial charge in [0.15, 0.2) is 0 Å². The molecule has 0 bridgehead atoms. The van der Waals surface area contributed by atoms with E-state index >= 15 is 0 Å². The van der Waals surface area contributed by atoms with Crippen LogP contribution in [0.4, 0.5) is 17.1 Å². The Kier molecular flexibility index (Phi) is 9.91. The molecule has 0 saturated carbocycles. The zero-order valence-electron chi connectivity index (χ0n) is 37.9. The third kappa shape index (κ3) is 7.29. The average molecular weight is 876 g/mol. The van der Waals surface area contributed by atoms with Gasteiger partial charge < -0.3 is 4.90 Å². The Morgan fingerprint density at radius 3 is 1.22 bits per heavy atom. The molecule has 1 nitrogen and oxygen atoms in total. The molecule has 0 amide bonds. The Hall–Kier alpha value is -9.04. The molecule has 0 spiro atoms. The van der Waals surface area contributed by atoms with Crippen LogP contribution in [0.2, 0.25) is 0 Å². The summed E-state index contributed by atoms with van der Waals surface area (Å²) in [6.45, 7) is 0. The molecular weight excluding hydrogens is 831 g/mol. The quantitative estimate of drug-likeness (QED) is 0.138. The molecule has 0 aliphatic carbocycles. The van der Waals surface area contributed by atoms with Crippen LogP contribution in [0, 0.1) is 0 Å². The van der Waals surface area contributed by atoms with Crippen LogP contribution in [0.3, 0.4) is 0 Å². The number of anilines is 3. The number of rotatable bonds is 8. The summed E-state index contributed by atoms with van der Waals surface area (Å²) in [6, 6.07) is 100. The van der Waals surface area contributed by atoms with Crippen molar-refractivity contribution in [3.63, 3.8) is 0 Å². The lowest BCUT2D eigenvalue weighted by Gasteiger charge is -2.26. The van der Waals surface area contributed by atoms with E-state index in [1.807, 2.05) is 0 Å². The molecule has 69 heavy (non-hydrogen) atoms. The van der Waals surface area contributed by atoms with Gasteiger partial charge in [-0.1, -0.05) is 224 Å². The van der Waals surface area contributed by atoms with Gasteiger partial charge in [-0.3, -0.25) is 0 Å². The monoisotopic (exact) mass is 875 g/mol. The van der Waals surface area contributed by atoms with Crippen LogP contribution in [-0.4, -0.2) is 0 Å². The van der Waals surface area contributed by atoms with Crippen molar-refractivity contribution in [1.82, 2.24) is 0 Å². The molecule has 0 atom stereocenters. The van der Waals surface area contributed by atoms with E-state index in [4.69, 9.17) is 0 Å². The SMILES string of the molecule is c1ccc(-c2c(-c3ccccc3)c3cc(-c4ccc(N(c5ccc(-c6ccc(-c7ccc8ccccc8c7)cc6)cc5)c5ccc6c(ccc7ccccc76)c5)cc4)ccc3c3ccccc23)cc1. The largest absolute Gasteiger partial charge is 0.310 e. The Labute approximate surface area is 402 Å². The fourth-order valence-corrected chi connectivity index (χ4v) is 10.6. The van der Waals surface area contributed by atoms with Crippen LogP contribution in [0.25, 0.3) is 109 Å². The van der Waals surface area contributed by atoms with Gasteiger partial charge in [-0.2, -0.15) is 0 Å². The zero-order valence-corrected chi connectivity index (χ0v) is 37.9. The highest BCUT2D eigenvalue weighted by Gasteiger charge is 2.19. The van der Waals surface area contributed by atoms with Gasteiger partial charge in [-0.15, -0.1) is 0 Å². The number of hydrogen-bond acceptors (Lipinski definition) is 1. The minimum atomic E-state index is 1.09. The molecule has 0 unspecified atom stereocenters. The molecule has 1 heteroatoms. The highest BCUT2D eigenvalue weighted by molar-refractivity contribution is 6.22. The maximum absolute atomic E-state index is 2.41. The van der Waals surface area contributed by atoms with Crippen LogP contribution >= 0.6 is 0 Å². The summed E-state index contributed by atoms with van der Waals surface area (Å²) in [5, 5.41) is 12.5. The first-order chi connectivity index (χ1) is 34.2. The molecule has 0 aliphatic heterocycles. The van der Waals surface area contributed by atoms with Crippen molar-refractivity contribution >= 4 is 70.9 Å². The third-order valence-electron chi connectivity index (χ3n) is 14.0. The lowest BCUT2D eigenvalue weighted by molar-refractivity contribution is 1.29. The van der Waals surface area contributed by atoms with Crippen molar-refractivity contribution in [2.45, 2.75) is 0 Å². The van der Waals surface area contributed by atoms with Crippen molar-refractivity contribution in [2.24, 2.45) is 0 Å². The second kappa shape index (κ2) is 17.0. The molecule has 13 aromatic rings. The van der Waals surface area contributed by atoms with Gasteiger partial charge in [0.05, 0.1) is 0 Å². The van der Waals surface area contributed by atoms with Crippen molar-refractivity contribution in [3.8, 4) is 55.6 Å². The van der Waals surface area contributed by atoms with Gasteiger partial charge in [0.2, 0.25) is 0 Å². The van der Waals surface area contributed by atoms with Crippen molar-refractivity contribution < 1.29 is 0 Å². The van der Waals surface area contributed by atoms with Crippen molar-refractivity contribution in [3.05, 3.63) is 273 Å². The van der Waals surface area contributed by atoms with Gasteiger partial charge in [0.25, 0.3) is 0 Å². The third-order valence-corrected chi connectivity index (χ3v) is 14.0. The predicted octanol–water partition coefficient (Wildman–Crippen LogP) is 19.3. The van der Waals surface area contributed by atoms with Crippen molar-refractivity contribution in [2.75, 3.05) is 4.90 Å². The van der Waals surface area contributed by atoms with E-state index in [-0.39, 0.29) is 0 Å². The first kappa shape index (κ1) is 40.3. The van der Waals surface area contributed by atoms with E-state index in [9.17, 15) is 0 Å². The van der Waals surface area contributed by atoms with Crippen LogP contribution in [0.15, 0.2) is 273 Å². The highest BCUT2D eigenvalue weighted by atomic mass is 15.1. The molecule has 0 aromatic heterocycles. The molecule has 13 rings (SSSR count). The molecule has 0 fully saturated rings. The van der Waals surface area contributed by atoms with E-state index in [0.717, 1.165) is 17.1 Å². The first-order valence-corrected chi connectivity index (χ1v) is 23.8. The lowest BCUT2D eigenvalue weighted by atomic mass is 9.84. The molecule has 0 aliphatic rings. The second-order valence-corrected chi connectivity index (χ2v) is 18.0. The smallest absolute Gasteiger partial charge is 0.0468 e. The Balaban J connectivity index is 0.899. The number of hydrogen-bond donors (Lipinski definition) is 0. The molecule has 0 saturated heterocycles. The summed E-state index contributed by atoms with van der Waals surface area (Å²) in [6.07, 6.45) is 0. The van der Waals surface area contributed by atoms with Gasteiger partial charge >= 0.3 is 0 Å². The lowest BCUT2D eigenvalue weighted by Crippen LogP contribution is -2.09. The Bertz CT molecular complexity index is 4020. The molecule has 0 radical (unpaired) electrons. The van der Waals surface area contributed by atoms with Crippen LogP contribution in [-0.2, 0) is 0 Å². The van der Waals surface area contributed by atoms with Crippen LogP contribution in [0.1, 0.15) is 0 Å². The van der Waals surface area contributed by atoms with E-state index in [1.165, 1.54) is 109 Å². The molecule has 0 N–H and O–H groups in total. The Morgan fingerprint density at radius 2 is 0.565 bits per heavy atom. The summed E-state index contributed by atoms with van der Waals surface area (Å²) in [7, 11) is 0. The average Bonchev–Trinajstić information content (AvgIpc) is 3.43. The Morgan fingerprint density at radius 1 is 0.174 bits per heavy atom. The summed E-state index contributed by atoms with van der Waals surface area (Å²) < 4.78 is 0. The number of nitrogens with zero attached hydrogens (tertiary/aromatic N) is 1. The number of fused-ring (bicyclic) bond motifs is 7. The van der Waals surface area contributed by atoms with Gasteiger partial charge in [0.1, 0.15) is 0 Å². The predicted molar refractivity (Wildman–Crippen MR) is 296 cm³/mol. The standard InChI is InChI=1S/C68H45N/c1-3-15-52(16-4-1)67-65-22-12-11-21-63(65)64-41-35-56(45-66(64)68(67)53-17-5-2-6-18-53)50-33-38-59(39-34-50)69(60-40-42-62-57(44-60)30-28-51-14-9-10-20-61(51)62)58-36-31-48(32-37-58)47-23-25-49(26-24-47)55-29-27-46-13-7-8-19-54(46)43-55/h1-45H. The molecule has 322 valence electrons. The normalized spacial score (nSPS) is 11.5. The zero-order chi connectivity index (χ0) is 45.7. The summed E-state index contributed by atoms with van der Waals surface area (Å²) in [5.41, 5.74) is 15.4. The molecule has 0 heterocycles. The maximum atomic E-state index is 2.41. The minimum absolute atomic E-state index is 1.09. The van der Waals surface area contributed by atoms with Crippen molar-refractivity contribution in [1.29, 1.82) is 0 Å². The molecular formula is C68H45N. The van der Waals surface area contributed by atoms with E-state index in [1.54, 1.807) is 0 Å². The maximum Gasteiger partial charge on any atom is 0.0468 e. The van der Waals surface area contributed by atoms with Crippen LogP contribution < -0.4 is 4.90 Å². The van der Waals surface area contributed by atoms with E-state index in [2.05, 4.69) is 278 Å². The fraction of sp³-hybridized carbons (Fsp3) is 0. The second-order valence-electron chi connectivity index (χ2n) is 18.0. The van der Waals surface area contributed by atoms with Crippen LogP contribution in [0.5, 0.6) is 0 Å². The first-order valence-electron chi connectivity index (χ1n) is 23.8. The summed E-state index contributed by atoms with van der Waals surface area (Å²) in [4.78, 5) is 2.39. The topological polar surface area (TPSA) is 3.24 Å². The van der Waals surface area contributed by atoms with Gasteiger partial charge in [-0.05, 0) is 158 Å². The fourth-order valence-electron chi connectivity index (χ4n) is 10.6. The van der Waals surface area contributed by atoms with Gasteiger partial charge in [-0.25, -0.2) is 0 Å². The summed E-state index contributed by atoms with van der Waals surface area (Å²) >= 11 is 0. The van der Waals surface area contributed by atoms with E-state index in [0.29, 0.717) is 0 Å². The molecule has 13 aromatic carbocycles. The highest BCUT2D eigenvalue weighted by Crippen LogP contribution is 2.46. The van der Waals surface area contributed by atoms with Gasteiger partial charge in [0, 0.05) is 17.1 Å². The minimum Gasteiger partial charge on any atom is -0.310 e.